The molecular formula is C22H28N2O3. The number of benzene rings is 2. The van der Waals surface area contributed by atoms with Crippen molar-refractivity contribution in [3.05, 3.63) is 59.7 Å². The first-order valence-electron chi connectivity index (χ1n) is 9.54. The van der Waals surface area contributed by atoms with Gasteiger partial charge in [0, 0.05) is 26.1 Å². The Bertz CT molecular complexity index is 793. The Morgan fingerprint density at radius 2 is 1.96 bits per heavy atom. The minimum absolute atomic E-state index is 0.0477. The number of β-amino-alcohol motifs (C(OH)–C–C–N with tert-alkyl or cyclic N) is 1. The van der Waals surface area contributed by atoms with Gasteiger partial charge in [-0.1, -0.05) is 36.4 Å². The van der Waals surface area contributed by atoms with Gasteiger partial charge in [0.2, 0.25) is 5.91 Å². The van der Waals surface area contributed by atoms with E-state index in [9.17, 15) is 9.90 Å². The third kappa shape index (κ3) is 4.67. The summed E-state index contributed by atoms with van der Waals surface area (Å²) >= 11 is 0. The molecule has 1 saturated heterocycles. The molecule has 0 unspecified atom stereocenters. The Morgan fingerprint density at radius 3 is 2.74 bits per heavy atom. The highest BCUT2D eigenvalue weighted by Crippen LogP contribution is 2.33. The summed E-state index contributed by atoms with van der Waals surface area (Å²) in [7, 11) is 0. The molecule has 2 aromatic carbocycles. The zero-order valence-electron chi connectivity index (χ0n) is 16.1. The van der Waals surface area contributed by atoms with Gasteiger partial charge in [-0.3, -0.25) is 9.69 Å². The van der Waals surface area contributed by atoms with Crippen LogP contribution in [0, 0.1) is 6.92 Å². The zero-order chi connectivity index (χ0) is 19.3. The maximum atomic E-state index is 12.4. The Hall–Kier alpha value is -2.37. The van der Waals surface area contributed by atoms with Crippen LogP contribution in [0.2, 0.25) is 0 Å². The second-order valence-corrected chi connectivity index (χ2v) is 7.10. The molecule has 27 heavy (non-hydrogen) atoms. The second-order valence-electron chi connectivity index (χ2n) is 7.10. The van der Waals surface area contributed by atoms with Crippen LogP contribution in [-0.4, -0.2) is 42.2 Å². The van der Waals surface area contributed by atoms with Gasteiger partial charge in [0.25, 0.3) is 0 Å². The Kier molecular flexibility index (Phi) is 6.14. The molecule has 0 radical (unpaired) electrons. The minimum Gasteiger partial charge on any atom is -0.492 e. The number of nitrogens with zero attached hydrogens (tertiary/aromatic N) is 1. The number of aliphatic hydroxyl groups is 1. The molecule has 1 atom stereocenters. The summed E-state index contributed by atoms with van der Waals surface area (Å²) in [5.41, 5.74) is 1.96. The summed E-state index contributed by atoms with van der Waals surface area (Å²) in [4.78, 5) is 14.5. The van der Waals surface area contributed by atoms with Crippen molar-refractivity contribution in [2.45, 2.75) is 32.3 Å². The molecule has 1 heterocycles. The molecule has 2 aromatic rings. The topological polar surface area (TPSA) is 61.8 Å². The number of ether oxygens (including phenoxy) is 1. The van der Waals surface area contributed by atoms with Crippen LogP contribution in [0.3, 0.4) is 0 Å². The third-order valence-electron chi connectivity index (χ3n) is 5.09. The fourth-order valence-electron chi connectivity index (χ4n) is 3.70. The summed E-state index contributed by atoms with van der Waals surface area (Å²) in [6.07, 6.45) is 1.07. The van der Waals surface area contributed by atoms with Crippen molar-refractivity contribution >= 4 is 11.6 Å². The van der Waals surface area contributed by atoms with Gasteiger partial charge in [0.05, 0.1) is 12.3 Å². The molecule has 144 valence electrons. The van der Waals surface area contributed by atoms with Gasteiger partial charge in [-0.25, -0.2) is 0 Å². The van der Waals surface area contributed by atoms with Crippen LogP contribution >= 0.6 is 0 Å². The van der Waals surface area contributed by atoms with Crippen LogP contribution in [-0.2, 0) is 10.4 Å². The molecule has 1 fully saturated rings. The number of nitrogens with one attached hydrogen (secondary N) is 1. The first kappa shape index (κ1) is 19.4. The van der Waals surface area contributed by atoms with Gasteiger partial charge in [0.15, 0.2) is 0 Å². The Labute approximate surface area is 161 Å². The highest BCUT2D eigenvalue weighted by Gasteiger charge is 2.38. The molecule has 0 spiro atoms. The molecule has 0 saturated carbocycles. The van der Waals surface area contributed by atoms with E-state index < -0.39 is 5.60 Å². The van der Waals surface area contributed by atoms with Gasteiger partial charge in [0.1, 0.15) is 11.4 Å². The number of carbonyl (C=O) groups is 1. The normalized spacial score (nSPS) is 19.8. The van der Waals surface area contributed by atoms with E-state index in [1.165, 1.54) is 0 Å². The lowest BCUT2D eigenvalue weighted by molar-refractivity contribution is -0.116. The molecule has 2 N–H and O–H groups in total. The number of aryl methyl sites for hydroxylation is 1. The largest absolute Gasteiger partial charge is 0.492 e. The van der Waals surface area contributed by atoms with E-state index in [-0.39, 0.29) is 5.91 Å². The summed E-state index contributed by atoms with van der Waals surface area (Å²) in [5, 5.41) is 14.0. The highest BCUT2D eigenvalue weighted by atomic mass is 16.5. The molecule has 1 aliphatic rings. The van der Waals surface area contributed by atoms with E-state index in [0.717, 1.165) is 17.7 Å². The predicted molar refractivity (Wildman–Crippen MR) is 107 cm³/mol. The molecule has 5 nitrogen and oxygen atoms in total. The lowest BCUT2D eigenvalue weighted by Crippen LogP contribution is -2.33. The van der Waals surface area contributed by atoms with Crippen molar-refractivity contribution in [1.29, 1.82) is 0 Å². The number of hydrogen-bond donors (Lipinski definition) is 2. The van der Waals surface area contributed by atoms with Crippen LogP contribution in [0.4, 0.5) is 5.69 Å². The van der Waals surface area contributed by atoms with Gasteiger partial charge in [-0.2, -0.15) is 0 Å². The summed E-state index contributed by atoms with van der Waals surface area (Å²) in [6.45, 7) is 6.46. The molecule has 5 heteroatoms. The van der Waals surface area contributed by atoms with Crippen molar-refractivity contribution in [2.24, 2.45) is 0 Å². The van der Waals surface area contributed by atoms with Crippen LogP contribution < -0.4 is 10.1 Å². The van der Waals surface area contributed by atoms with E-state index in [0.29, 0.717) is 44.0 Å². The average Bonchev–Trinajstić information content (AvgIpc) is 3.04. The summed E-state index contributed by atoms with van der Waals surface area (Å²) in [5.74, 6) is 0.636. The lowest BCUT2D eigenvalue weighted by atomic mass is 9.89. The number of likely N-dealkylation sites (tertiary alicyclic amines) is 1. The van der Waals surface area contributed by atoms with Crippen molar-refractivity contribution in [3.8, 4) is 5.75 Å². The van der Waals surface area contributed by atoms with Crippen molar-refractivity contribution < 1.29 is 14.6 Å². The molecule has 0 aromatic heterocycles. The van der Waals surface area contributed by atoms with Crippen molar-refractivity contribution in [1.82, 2.24) is 4.90 Å². The molecule has 1 aliphatic heterocycles. The number of para-hydroxylation sites is 2. The predicted octanol–water partition coefficient (Wildman–Crippen LogP) is 3.32. The molecule has 0 bridgehead atoms. The second kappa shape index (κ2) is 8.55. The molecular weight excluding hydrogens is 340 g/mol. The standard InChI is InChI=1S/C22H28N2O3/c1-3-27-20-11-7-6-10-19(20)23-21(25)12-14-24-15-13-22(26,16-24)18-9-5-4-8-17(18)2/h4-11,26H,3,12-16H2,1-2H3,(H,23,25)/t22-/m1/s1. The third-order valence-corrected chi connectivity index (χ3v) is 5.09. The summed E-state index contributed by atoms with van der Waals surface area (Å²) in [6, 6.07) is 15.4. The first-order chi connectivity index (χ1) is 13.0. The van der Waals surface area contributed by atoms with Crippen molar-refractivity contribution in [2.75, 3.05) is 31.6 Å². The molecule has 3 rings (SSSR count). The van der Waals surface area contributed by atoms with Gasteiger partial charge in [-0.15, -0.1) is 0 Å². The van der Waals surface area contributed by atoms with E-state index >= 15 is 0 Å². The quantitative estimate of drug-likeness (QED) is 0.787. The van der Waals surface area contributed by atoms with Gasteiger partial charge >= 0.3 is 0 Å². The summed E-state index contributed by atoms with van der Waals surface area (Å²) < 4.78 is 5.55. The monoisotopic (exact) mass is 368 g/mol. The van der Waals surface area contributed by atoms with Crippen LogP contribution in [0.5, 0.6) is 5.75 Å². The average molecular weight is 368 g/mol. The lowest BCUT2D eigenvalue weighted by Gasteiger charge is -2.25. The molecule has 1 amide bonds. The SMILES string of the molecule is CCOc1ccccc1NC(=O)CCN1CC[C@](O)(c2ccccc2C)C1. The van der Waals surface area contributed by atoms with Crippen LogP contribution in [0.1, 0.15) is 30.9 Å². The fourth-order valence-corrected chi connectivity index (χ4v) is 3.70. The van der Waals surface area contributed by atoms with Gasteiger partial charge < -0.3 is 15.2 Å². The highest BCUT2D eigenvalue weighted by molar-refractivity contribution is 5.92. The number of anilines is 1. The van der Waals surface area contributed by atoms with Crippen LogP contribution in [0.15, 0.2) is 48.5 Å². The number of amides is 1. The smallest absolute Gasteiger partial charge is 0.225 e. The van der Waals surface area contributed by atoms with Crippen molar-refractivity contribution in [3.63, 3.8) is 0 Å². The minimum atomic E-state index is -0.830. The Morgan fingerprint density at radius 1 is 1.22 bits per heavy atom. The maximum absolute atomic E-state index is 12.4. The maximum Gasteiger partial charge on any atom is 0.225 e. The first-order valence-corrected chi connectivity index (χ1v) is 9.54. The fraction of sp³-hybridized carbons (Fsp3) is 0.409. The number of rotatable bonds is 7. The van der Waals surface area contributed by atoms with E-state index in [1.54, 1.807) is 0 Å². The van der Waals surface area contributed by atoms with E-state index in [4.69, 9.17) is 4.74 Å². The zero-order valence-corrected chi connectivity index (χ0v) is 16.1. The Balaban J connectivity index is 1.54. The van der Waals surface area contributed by atoms with Gasteiger partial charge in [-0.05, 0) is 43.5 Å². The number of carbonyl (C=O) groups excluding carboxylic acids is 1. The van der Waals surface area contributed by atoms with E-state index in [2.05, 4.69) is 10.2 Å². The van der Waals surface area contributed by atoms with E-state index in [1.807, 2.05) is 62.4 Å². The van der Waals surface area contributed by atoms with Crippen LogP contribution in [0.25, 0.3) is 0 Å². The molecule has 0 aliphatic carbocycles. The number of hydrogen-bond acceptors (Lipinski definition) is 4.